The first-order valence-electron chi connectivity index (χ1n) is 22.9. The Labute approximate surface area is 387 Å². The van der Waals surface area contributed by atoms with E-state index in [2.05, 4.69) is 5.32 Å². The Morgan fingerprint density at radius 3 is 1.88 bits per heavy atom. The van der Waals surface area contributed by atoms with Crippen molar-refractivity contribution in [3.05, 3.63) is 85.1 Å². The number of aliphatic hydroxyl groups is 8. The van der Waals surface area contributed by atoms with Crippen LogP contribution in [0.3, 0.4) is 0 Å². The van der Waals surface area contributed by atoms with E-state index in [9.17, 15) is 50.4 Å². The molecular formula is C48H74N2O16. The van der Waals surface area contributed by atoms with Gasteiger partial charge in [-0.1, -0.05) is 98.9 Å². The average molecular weight is 935 g/mol. The molecule has 19 atom stereocenters. The lowest BCUT2D eigenvalue weighted by atomic mass is 9.87. The number of carbonyl (C=O) groups is 2. The van der Waals surface area contributed by atoms with Gasteiger partial charge in [-0.2, -0.15) is 0 Å². The molecule has 18 heteroatoms. The van der Waals surface area contributed by atoms with Gasteiger partial charge in [0.05, 0.1) is 79.5 Å². The van der Waals surface area contributed by atoms with Gasteiger partial charge in [0, 0.05) is 44.6 Å². The number of fused-ring (bicyclic) bond motifs is 4. The number of amides is 1. The molecule has 372 valence electrons. The second-order valence-electron chi connectivity index (χ2n) is 17.9. The number of cyclic esters (lactones) is 1. The summed E-state index contributed by atoms with van der Waals surface area (Å²) in [6.45, 7) is 6.88. The maximum Gasteiger partial charge on any atom is 0.407 e. The molecule has 66 heavy (non-hydrogen) atoms. The predicted octanol–water partition coefficient (Wildman–Crippen LogP) is 1.78. The van der Waals surface area contributed by atoms with Gasteiger partial charge in [0.15, 0.2) is 12.1 Å². The molecule has 4 aliphatic rings. The smallest absolute Gasteiger partial charge is 0.407 e. The number of ether oxygens (including phenoxy) is 6. The molecule has 0 aliphatic carbocycles. The number of rotatable bonds is 3. The van der Waals surface area contributed by atoms with Crippen molar-refractivity contribution in [2.45, 2.75) is 183 Å². The highest BCUT2D eigenvalue weighted by atomic mass is 16.7. The number of hydrogen-bond acceptors (Lipinski definition) is 17. The lowest BCUT2D eigenvalue weighted by Gasteiger charge is -2.46. The summed E-state index contributed by atoms with van der Waals surface area (Å²) in [5.74, 6) is -2.94. The molecular weight excluding hydrogens is 861 g/mol. The minimum Gasteiger partial charge on any atom is -0.462 e. The van der Waals surface area contributed by atoms with Crippen LogP contribution in [0.2, 0.25) is 0 Å². The molecule has 0 radical (unpaired) electrons. The van der Waals surface area contributed by atoms with Crippen LogP contribution in [0.15, 0.2) is 85.1 Å². The molecule has 0 aromatic carbocycles. The zero-order valence-corrected chi connectivity index (χ0v) is 38.6. The summed E-state index contributed by atoms with van der Waals surface area (Å²) in [4.78, 5) is 25.3. The van der Waals surface area contributed by atoms with Crippen molar-refractivity contribution in [2.24, 2.45) is 17.6 Å². The molecule has 4 aliphatic heterocycles. The Kier molecular flexibility index (Phi) is 22.3. The van der Waals surface area contributed by atoms with E-state index in [4.69, 9.17) is 34.2 Å². The van der Waals surface area contributed by atoms with E-state index in [0.717, 1.165) is 0 Å². The van der Waals surface area contributed by atoms with E-state index < -0.39 is 128 Å². The summed E-state index contributed by atoms with van der Waals surface area (Å²) in [5.41, 5.74) is 6.10. The van der Waals surface area contributed by atoms with Crippen LogP contribution in [0.1, 0.15) is 79.1 Å². The summed E-state index contributed by atoms with van der Waals surface area (Å²) in [7, 11) is 1.37. The predicted molar refractivity (Wildman–Crippen MR) is 242 cm³/mol. The number of hydrogen-bond donors (Lipinski definition) is 10. The summed E-state index contributed by atoms with van der Waals surface area (Å²) >= 11 is 0. The first-order chi connectivity index (χ1) is 31.3. The van der Waals surface area contributed by atoms with Crippen molar-refractivity contribution in [1.29, 1.82) is 0 Å². The third-order valence-corrected chi connectivity index (χ3v) is 12.6. The fourth-order valence-electron chi connectivity index (χ4n) is 8.43. The van der Waals surface area contributed by atoms with Crippen LogP contribution in [0.4, 0.5) is 4.79 Å². The maximum absolute atomic E-state index is 12.7. The number of nitrogens with one attached hydrogen (secondary N) is 1. The Hall–Kier alpha value is -3.60. The van der Waals surface area contributed by atoms with Gasteiger partial charge in [0.1, 0.15) is 18.3 Å². The Morgan fingerprint density at radius 1 is 0.652 bits per heavy atom. The number of alkyl carbamates (subject to hydrolysis) is 1. The number of allylic oxidation sites excluding steroid dienone is 12. The molecule has 4 heterocycles. The molecule has 1 amide bonds. The second-order valence-corrected chi connectivity index (χ2v) is 17.9. The summed E-state index contributed by atoms with van der Waals surface area (Å²) < 4.78 is 35.6. The van der Waals surface area contributed by atoms with Gasteiger partial charge >= 0.3 is 12.1 Å². The van der Waals surface area contributed by atoms with Crippen LogP contribution in [0.5, 0.6) is 0 Å². The Balaban J connectivity index is 1.55. The van der Waals surface area contributed by atoms with Gasteiger partial charge in [-0.3, -0.25) is 4.79 Å². The number of methoxy groups -OCH3 is 1. The van der Waals surface area contributed by atoms with Crippen LogP contribution in [0, 0.1) is 11.8 Å². The van der Waals surface area contributed by atoms with Crippen LogP contribution in [0.25, 0.3) is 0 Å². The largest absolute Gasteiger partial charge is 0.462 e. The average Bonchev–Trinajstić information content (AvgIpc) is 3.64. The number of aliphatic hydroxyl groups excluding tert-OH is 8. The summed E-state index contributed by atoms with van der Waals surface area (Å²) in [6.07, 6.45) is 8.35. The normalized spacial score (nSPS) is 45.7. The van der Waals surface area contributed by atoms with E-state index in [0.29, 0.717) is 0 Å². The third-order valence-electron chi connectivity index (χ3n) is 12.6. The lowest BCUT2D eigenvalue weighted by molar-refractivity contribution is -0.306. The highest BCUT2D eigenvalue weighted by molar-refractivity contribution is 5.70. The van der Waals surface area contributed by atoms with E-state index in [1.54, 1.807) is 45.1 Å². The Morgan fingerprint density at radius 2 is 1.26 bits per heavy atom. The molecule has 4 rings (SSSR count). The van der Waals surface area contributed by atoms with Crippen LogP contribution in [-0.4, -0.2) is 164 Å². The molecule has 0 aromatic heterocycles. The van der Waals surface area contributed by atoms with Gasteiger partial charge in [-0.15, -0.1) is 0 Å². The Bertz CT molecular complexity index is 1720. The fourth-order valence-corrected chi connectivity index (χ4v) is 8.43. The molecule has 3 saturated heterocycles. The van der Waals surface area contributed by atoms with Gasteiger partial charge in [0.25, 0.3) is 0 Å². The first kappa shape index (κ1) is 55.0. The summed E-state index contributed by atoms with van der Waals surface area (Å²) in [6, 6.07) is -1.74. The zero-order valence-electron chi connectivity index (χ0n) is 38.6. The molecule has 18 nitrogen and oxygen atoms in total. The number of esters is 1. The monoisotopic (exact) mass is 935 g/mol. The highest BCUT2D eigenvalue weighted by Gasteiger charge is 2.54. The fraction of sp³-hybridized carbons (Fsp3) is 0.667. The first-order valence-corrected chi connectivity index (χ1v) is 22.9. The zero-order chi connectivity index (χ0) is 48.6. The van der Waals surface area contributed by atoms with Crippen molar-refractivity contribution in [3.8, 4) is 0 Å². The van der Waals surface area contributed by atoms with Crippen LogP contribution < -0.4 is 11.1 Å². The quantitative estimate of drug-likeness (QED) is 0.181. The van der Waals surface area contributed by atoms with Crippen molar-refractivity contribution in [3.63, 3.8) is 0 Å². The SMILES string of the molecule is COC12CC(O)CC(O)C(O)CCC(O)CC(O)CC(=O)O[C@@H](C)[C@H](C)C(O)[C@@H](C)/C=C/C=C/C=C/C=C/C=C/C=C/C=C/C(OC3O[C@H](C)C(O)[C@H](N)[C@@H]3O)C[C@H](O1)C1NC(=O)O[C@H]1C2. The van der Waals surface area contributed by atoms with E-state index in [1.807, 2.05) is 67.7 Å². The van der Waals surface area contributed by atoms with Gasteiger partial charge in [-0.05, 0) is 33.1 Å². The van der Waals surface area contributed by atoms with Crippen LogP contribution >= 0.6 is 0 Å². The van der Waals surface area contributed by atoms with Crippen molar-refractivity contribution in [2.75, 3.05) is 7.11 Å². The molecule has 0 aromatic rings. The number of nitrogens with two attached hydrogens (primary N) is 1. The van der Waals surface area contributed by atoms with Gasteiger partial charge in [0.2, 0.25) is 0 Å². The minimum absolute atomic E-state index is 0.00367. The van der Waals surface area contributed by atoms with E-state index in [1.165, 1.54) is 7.11 Å². The van der Waals surface area contributed by atoms with Gasteiger partial charge < -0.3 is 80.3 Å². The van der Waals surface area contributed by atoms with Crippen molar-refractivity contribution >= 4 is 12.1 Å². The third kappa shape index (κ3) is 16.9. The molecule has 3 fully saturated rings. The number of carbonyl (C=O) groups excluding carboxylic acids is 2. The standard InChI is InChI=1S/C48H74N2O16/c1-28-18-16-14-12-10-8-6-7-9-11-13-15-17-19-35(64-46-45(59)41(49)44(58)31(4)63-46)25-38-42-39(65-47(60)50-42)27-48(61-5,66-38)26-34(53)23-37(55)36(54)21-20-32(51)22-33(52)24-40(56)62-30(3)29(2)43(28)57/h6-19,28-39,41-46,51-55,57-59H,20-27,49H2,1-5H3,(H,50,60)/b7-6+,10-8+,11-9+,14-12+,15-13+,18-16+,19-17+/t28-,29-,30-,31+,32?,33?,34?,35?,36?,37?,38-,39-,41-,42?,43?,44?,45-,46?,48?/m0/s1. The molecule has 11 N–H and O–H groups in total. The molecule has 11 unspecified atom stereocenters. The lowest BCUT2D eigenvalue weighted by Crippen LogP contribution is -2.62. The molecule has 0 spiro atoms. The van der Waals surface area contributed by atoms with E-state index >= 15 is 0 Å². The maximum atomic E-state index is 12.7. The topological polar surface area (TPSA) is 289 Å². The van der Waals surface area contributed by atoms with Crippen LogP contribution in [-0.2, 0) is 33.2 Å². The van der Waals surface area contributed by atoms with Crippen molar-refractivity contribution in [1.82, 2.24) is 5.32 Å². The molecule has 2 bridgehead atoms. The minimum atomic E-state index is -1.55. The van der Waals surface area contributed by atoms with Crippen molar-refractivity contribution < 1.29 is 78.9 Å². The van der Waals surface area contributed by atoms with E-state index in [-0.39, 0.29) is 50.9 Å². The molecule has 0 saturated carbocycles. The second kappa shape index (κ2) is 26.8. The van der Waals surface area contributed by atoms with Gasteiger partial charge in [-0.25, -0.2) is 4.79 Å². The highest BCUT2D eigenvalue weighted by Crippen LogP contribution is 2.40. The summed E-state index contributed by atoms with van der Waals surface area (Å²) in [5, 5.41) is 89.2.